The molecule has 2 amide bonds. The summed E-state index contributed by atoms with van der Waals surface area (Å²) in [6, 6.07) is 5.57. The highest BCUT2D eigenvalue weighted by atomic mass is 35.5. The van der Waals surface area contributed by atoms with E-state index in [1.807, 2.05) is 13.8 Å². The minimum absolute atomic E-state index is 0.171. The predicted molar refractivity (Wildman–Crippen MR) is 108 cm³/mol. The van der Waals surface area contributed by atoms with Gasteiger partial charge in [-0.05, 0) is 36.6 Å². The second-order valence-electron chi connectivity index (χ2n) is 6.25. The van der Waals surface area contributed by atoms with Crippen molar-refractivity contribution >= 4 is 52.3 Å². The van der Waals surface area contributed by atoms with E-state index in [1.165, 1.54) is 18.5 Å². The maximum atomic E-state index is 12.6. The van der Waals surface area contributed by atoms with Gasteiger partial charge in [0.15, 0.2) is 0 Å². The lowest BCUT2D eigenvalue weighted by atomic mass is 10.0. The molecule has 0 spiro atoms. The van der Waals surface area contributed by atoms with Crippen LogP contribution in [-0.4, -0.2) is 22.8 Å². The summed E-state index contributed by atoms with van der Waals surface area (Å²) in [6.45, 7) is 3.90. The molecule has 1 atom stereocenters. The third-order valence-electron chi connectivity index (χ3n) is 3.59. The minimum atomic E-state index is -0.771. The molecule has 0 aliphatic carbocycles. The molecule has 9 heteroatoms. The number of nitrogens with zero attached hydrogens (tertiary/aromatic N) is 1. The molecule has 1 aromatic carbocycles. The van der Waals surface area contributed by atoms with Crippen LogP contribution in [-0.2, 0) is 4.79 Å². The number of hydrazine groups is 1. The van der Waals surface area contributed by atoms with Crippen molar-refractivity contribution in [2.45, 2.75) is 26.3 Å². The molecule has 1 aromatic heterocycles. The summed E-state index contributed by atoms with van der Waals surface area (Å²) >= 11 is 17.9. The van der Waals surface area contributed by atoms with E-state index in [4.69, 9.17) is 34.8 Å². The lowest BCUT2D eigenvalue weighted by Gasteiger charge is -2.21. The van der Waals surface area contributed by atoms with Gasteiger partial charge in [0.25, 0.3) is 11.8 Å². The molecule has 27 heavy (non-hydrogen) atoms. The third-order valence-corrected chi connectivity index (χ3v) is 4.47. The highest BCUT2D eigenvalue weighted by Gasteiger charge is 2.23. The molecule has 6 nitrogen and oxygen atoms in total. The number of amides is 2. The predicted octanol–water partition coefficient (Wildman–Crippen LogP) is 4.33. The molecular weight excluding hydrogens is 411 g/mol. The Morgan fingerprint density at radius 2 is 1.85 bits per heavy atom. The fourth-order valence-electron chi connectivity index (χ4n) is 2.29. The number of benzene rings is 1. The first kappa shape index (κ1) is 21.3. The van der Waals surface area contributed by atoms with Gasteiger partial charge in [-0.15, -0.1) is 0 Å². The minimum Gasteiger partial charge on any atom is -0.340 e. The van der Waals surface area contributed by atoms with Crippen molar-refractivity contribution in [2.75, 3.05) is 5.43 Å². The molecular formula is C18H19Cl3N4O2. The van der Waals surface area contributed by atoms with E-state index in [2.05, 4.69) is 21.2 Å². The van der Waals surface area contributed by atoms with Gasteiger partial charge in [0, 0.05) is 17.4 Å². The van der Waals surface area contributed by atoms with Gasteiger partial charge in [-0.2, -0.15) is 0 Å². The van der Waals surface area contributed by atoms with Crippen molar-refractivity contribution in [2.24, 2.45) is 5.92 Å². The van der Waals surface area contributed by atoms with E-state index in [-0.39, 0.29) is 16.5 Å². The topological polar surface area (TPSA) is 83.1 Å². The zero-order chi connectivity index (χ0) is 20.0. The number of aromatic nitrogens is 1. The van der Waals surface area contributed by atoms with Gasteiger partial charge in [-0.1, -0.05) is 48.7 Å². The normalized spacial score (nSPS) is 11.8. The summed E-state index contributed by atoms with van der Waals surface area (Å²) in [4.78, 5) is 28.9. The standard InChI is InChI=1S/C18H19Cl3N4O2/c1-10(2)7-16(23-17(26)12-9-22-6-5-13(12)20)18(27)25-24-15-4-3-11(19)8-14(15)21/h3-6,8-10,16,24H,7H2,1-2H3,(H,23,26)(H,25,27). The van der Waals surface area contributed by atoms with Crippen LogP contribution in [0.3, 0.4) is 0 Å². The molecule has 1 heterocycles. The number of carbonyl (C=O) groups excluding carboxylic acids is 2. The third kappa shape index (κ3) is 6.27. The zero-order valence-electron chi connectivity index (χ0n) is 14.7. The maximum absolute atomic E-state index is 12.6. The first-order chi connectivity index (χ1) is 12.8. The number of rotatable bonds is 7. The first-order valence-electron chi connectivity index (χ1n) is 8.19. The Morgan fingerprint density at radius 3 is 2.48 bits per heavy atom. The van der Waals surface area contributed by atoms with Gasteiger partial charge in [-0.25, -0.2) is 0 Å². The van der Waals surface area contributed by atoms with Crippen molar-refractivity contribution in [1.82, 2.24) is 15.7 Å². The van der Waals surface area contributed by atoms with Crippen LogP contribution in [0.25, 0.3) is 0 Å². The van der Waals surface area contributed by atoms with Crippen LogP contribution >= 0.6 is 34.8 Å². The van der Waals surface area contributed by atoms with Crippen molar-refractivity contribution in [3.05, 3.63) is 57.3 Å². The number of nitrogens with one attached hydrogen (secondary N) is 3. The van der Waals surface area contributed by atoms with Crippen LogP contribution in [0.2, 0.25) is 15.1 Å². The van der Waals surface area contributed by atoms with Gasteiger partial charge in [0.2, 0.25) is 0 Å². The first-order valence-corrected chi connectivity index (χ1v) is 9.32. The highest BCUT2D eigenvalue weighted by molar-refractivity contribution is 6.36. The number of anilines is 1. The van der Waals surface area contributed by atoms with E-state index < -0.39 is 17.9 Å². The lowest BCUT2D eigenvalue weighted by molar-refractivity contribution is -0.122. The van der Waals surface area contributed by atoms with E-state index in [9.17, 15) is 9.59 Å². The van der Waals surface area contributed by atoms with Crippen LogP contribution in [0.5, 0.6) is 0 Å². The van der Waals surface area contributed by atoms with E-state index in [1.54, 1.807) is 18.2 Å². The van der Waals surface area contributed by atoms with Gasteiger partial charge in [0.1, 0.15) is 6.04 Å². The van der Waals surface area contributed by atoms with Gasteiger partial charge in [-0.3, -0.25) is 25.4 Å². The van der Waals surface area contributed by atoms with Gasteiger partial charge in [0.05, 0.1) is 21.3 Å². The Labute approximate surface area is 172 Å². The molecule has 0 saturated heterocycles. The quantitative estimate of drug-likeness (QED) is 0.572. The van der Waals surface area contributed by atoms with Crippen molar-refractivity contribution in [1.29, 1.82) is 0 Å². The summed E-state index contributed by atoms with van der Waals surface area (Å²) in [6.07, 6.45) is 3.27. The summed E-state index contributed by atoms with van der Waals surface area (Å²) in [5.74, 6) is -0.717. The summed E-state index contributed by atoms with van der Waals surface area (Å²) in [5.41, 5.74) is 5.98. The number of pyridine rings is 1. The monoisotopic (exact) mass is 428 g/mol. The number of hydrogen-bond acceptors (Lipinski definition) is 4. The number of hydrogen-bond donors (Lipinski definition) is 3. The van der Waals surface area contributed by atoms with Crippen molar-refractivity contribution in [3.63, 3.8) is 0 Å². The SMILES string of the molecule is CC(C)CC(NC(=O)c1cnccc1Cl)C(=O)NNc1ccc(Cl)cc1Cl. The summed E-state index contributed by atoms with van der Waals surface area (Å²) in [7, 11) is 0. The van der Waals surface area contributed by atoms with E-state index in [0.29, 0.717) is 22.2 Å². The van der Waals surface area contributed by atoms with Crippen LogP contribution < -0.4 is 16.2 Å². The van der Waals surface area contributed by atoms with Crippen molar-refractivity contribution in [3.8, 4) is 0 Å². The fourth-order valence-corrected chi connectivity index (χ4v) is 2.94. The molecule has 0 radical (unpaired) electrons. The van der Waals surface area contributed by atoms with Crippen molar-refractivity contribution < 1.29 is 9.59 Å². The highest BCUT2D eigenvalue weighted by Crippen LogP contribution is 2.24. The number of carbonyl (C=O) groups is 2. The Balaban J connectivity index is 2.07. The Bertz CT molecular complexity index is 830. The molecule has 0 bridgehead atoms. The van der Waals surface area contributed by atoms with Crippen LogP contribution in [0, 0.1) is 5.92 Å². The second-order valence-corrected chi connectivity index (χ2v) is 7.50. The molecule has 2 aromatic rings. The van der Waals surface area contributed by atoms with E-state index >= 15 is 0 Å². The molecule has 3 N–H and O–H groups in total. The Hall–Kier alpha value is -2.02. The smallest absolute Gasteiger partial charge is 0.260 e. The van der Waals surface area contributed by atoms with Crippen LogP contribution in [0.15, 0.2) is 36.7 Å². The average Bonchev–Trinajstić information content (AvgIpc) is 2.60. The van der Waals surface area contributed by atoms with Gasteiger partial charge >= 0.3 is 0 Å². The fraction of sp³-hybridized carbons (Fsp3) is 0.278. The van der Waals surface area contributed by atoms with E-state index in [0.717, 1.165) is 0 Å². The van der Waals surface area contributed by atoms with Crippen LogP contribution in [0.4, 0.5) is 5.69 Å². The molecule has 0 aliphatic heterocycles. The Kier molecular flexibility index (Phi) is 7.71. The molecule has 2 rings (SSSR count). The Morgan fingerprint density at radius 1 is 1.11 bits per heavy atom. The largest absolute Gasteiger partial charge is 0.340 e. The summed E-state index contributed by atoms with van der Waals surface area (Å²) in [5, 5.41) is 3.79. The maximum Gasteiger partial charge on any atom is 0.260 e. The lowest BCUT2D eigenvalue weighted by Crippen LogP contribution is -2.49. The number of halogens is 3. The van der Waals surface area contributed by atoms with Crippen LogP contribution in [0.1, 0.15) is 30.6 Å². The second kappa shape index (κ2) is 9.78. The molecule has 0 aliphatic rings. The summed E-state index contributed by atoms with van der Waals surface area (Å²) < 4.78 is 0. The molecule has 0 fully saturated rings. The zero-order valence-corrected chi connectivity index (χ0v) is 17.0. The molecule has 144 valence electrons. The molecule has 1 unspecified atom stereocenters. The average molecular weight is 430 g/mol. The van der Waals surface area contributed by atoms with Gasteiger partial charge < -0.3 is 5.32 Å². The molecule has 0 saturated carbocycles.